The number of aromatic nitrogens is 1. The topological polar surface area (TPSA) is 244 Å². The molecule has 18 atom stereocenters. The predicted octanol–water partition coefficient (Wildman–Crippen LogP) is 5.14. The third-order valence-electron chi connectivity index (χ3n) is 18.5. The van der Waals surface area contributed by atoms with Crippen molar-refractivity contribution < 1.29 is 77.1 Å². The van der Waals surface area contributed by atoms with Crippen LogP contribution >= 0.6 is 0 Å². The van der Waals surface area contributed by atoms with Gasteiger partial charge in [-0.05, 0) is 126 Å². The average Bonchev–Trinajstić information content (AvgIpc) is 3.47. The number of pyridine rings is 1. The largest absolute Gasteiger partial charge is 0.462 e. The van der Waals surface area contributed by atoms with Gasteiger partial charge in [0.2, 0.25) is 5.43 Å². The predicted molar refractivity (Wildman–Crippen MR) is 311 cm³/mol. The molecule has 21 nitrogen and oxygen atoms in total. The zero-order valence-corrected chi connectivity index (χ0v) is 52.4. The number of ether oxygens (including phenoxy) is 9. The number of ketones is 1. The molecule has 5 heterocycles. The van der Waals surface area contributed by atoms with E-state index in [-0.39, 0.29) is 61.2 Å². The van der Waals surface area contributed by atoms with Crippen LogP contribution in [0, 0.1) is 23.7 Å². The molecule has 0 aliphatic carbocycles. The van der Waals surface area contributed by atoms with Crippen molar-refractivity contribution in [1.29, 1.82) is 0 Å². The number of piperazine rings is 1. The first kappa shape index (κ1) is 68.1. The summed E-state index contributed by atoms with van der Waals surface area (Å²) in [5.74, 6) is -5.79. The van der Waals surface area contributed by atoms with Gasteiger partial charge in [0.25, 0.3) is 0 Å². The maximum atomic E-state index is 14.6. The number of carbonyl (C=O) groups excluding carboxylic acids is 4. The van der Waals surface area contributed by atoms with Gasteiger partial charge in [0.05, 0.1) is 60.6 Å². The Morgan fingerprint density at radius 3 is 2.07 bits per heavy atom. The Hall–Kier alpha value is -3.97. The number of esters is 3. The maximum Gasteiger partial charge on any atom is 0.343 e. The van der Waals surface area contributed by atoms with E-state index >= 15 is 0 Å². The van der Waals surface area contributed by atoms with Crippen LogP contribution in [0.2, 0.25) is 0 Å². The smallest absolute Gasteiger partial charge is 0.343 e. The quantitative estimate of drug-likeness (QED) is 0.122. The molecule has 470 valence electrons. The van der Waals surface area contributed by atoms with Crippen molar-refractivity contribution in [3.8, 4) is 0 Å². The van der Waals surface area contributed by atoms with Gasteiger partial charge in [-0.15, -0.1) is 0 Å². The number of rotatable bonds is 19. The highest BCUT2D eigenvalue weighted by atomic mass is 16.7. The summed E-state index contributed by atoms with van der Waals surface area (Å²) in [7, 11) is 6.79. The van der Waals surface area contributed by atoms with E-state index < -0.39 is 114 Å². The monoisotopic (exact) mass is 1170 g/mol. The number of Topliss-reactive ketones (excluding diaryl/α,β-unsaturated/α-hetero) is 1. The van der Waals surface area contributed by atoms with Crippen LogP contribution in [0.1, 0.15) is 138 Å². The fraction of sp³-hybridized carbons (Fsp3) is 0.790. The van der Waals surface area contributed by atoms with Crippen molar-refractivity contribution in [1.82, 2.24) is 19.3 Å². The highest BCUT2D eigenvalue weighted by Gasteiger charge is 2.55. The van der Waals surface area contributed by atoms with Crippen LogP contribution in [-0.2, 0) is 70.0 Å². The summed E-state index contributed by atoms with van der Waals surface area (Å²) >= 11 is 0. The van der Waals surface area contributed by atoms with Crippen molar-refractivity contribution in [3.63, 3.8) is 0 Å². The second kappa shape index (κ2) is 29.1. The zero-order valence-electron chi connectivity index (χ0n) is 52.4. The van der Waals surface area contributed by atoms with Gasteiger partial charge < -0.3 is 77.2 Å². The van der Waals surface area contributed by atoms with Gasteiger partial charge in [-0.3, -0.25) is 19.2 Å². The number of hydrogen-bond acceptors (Lipinski definition) is 20. The summed E-state index contributed by atoms with van der Waals surface area (Å²) in [6.07, 6.45) is -6.00. The Bertz CT molecular complexity index is 2550. The summed E-state index contributed by atoms with van der Waals surface area (Å²) in [5, 5.41) is 35.9. The van der Waals surface area contributed by atoms with Gasteiger partial charge in [-0.1, -0.05) is 33.8 Å². The molecular weight excluding hydrogens is 1070 g/mol. The Labute approximate surface area is 491 Å². The molecule has 0 radical (unpaired) electrons. The van der Waals surface area contributed by atoms with Crippen LogP contribution in [-0.4, -0.2) is 217 Å². The number of aryl methyl sites for hydroxylation is 2. The standard InChI is InChI=1S/C62H100N4O17/c1-17-47-62(12,74)54(71)38(6)50(68)36(4)33-60(10,75-15)55(83-59-52(70)46(63(13)14)31-37(5)78-59)39(7)53(40(8)57(72)80-47)82-49-34-61(11,76-16)56(41(9)79-49)81-48(67)24-26-65-29-27-64(28-30-65)25-20-21-42-22-23-45-43(32-42)51(69)44(35-66(45)18-2)58(73)77-19-3/h22-23,32,35-41,46-47,49,52-56,59,70-71,74H,17-21,24-31,33-34H2,1-16H3/t36-,37-,38+,39+,40-,41+,46+,47-,49+,52-,53+,54-,55-,56+,59+,60-,61-,62-/m1/s1. The van der Waals surface area contributed by atoms with Crippen LogP contribution in [0.4, 0.5) is 0 Å². The molecule has 1 aromatic carbocycles. The Morgan fingerprint density at radius 1 is 0.831 bits per heavy atom. The molecule has 0 amide bonds. The number of nitrogens with zero attached hydrogens (tertiary/aromatic N) is 4. The Kier molecular flexibility index (Phi) is 23.9. The number of likely N-dealkylation sites (N-methyl/N-ethyl adjacent to an activating group) is 1. The lowest BCUT2D eigenvalue weighted by atomic mass is 9.74. The highest BCUT2D eigenvalue weighted by Crippen LogP contribution is 2.42. The number of hydrogen-bond donors (Lipinski definition) is 3. The first-order valence-corrected chi connectivity index (χ1v) is 30.3. The Morgan fingerprint density at radius 2 is 1.47 bits per heavy atom. The van der Waals surface area contributed by atoms with E-state index in [4.69, 9.17) is 42.6 Å². The first-order chi connectivity index (χ1) is 39.1. The van der Waals surface area contributed by atoms with E-state index in [2.05, 4.69) is 9.80 Å². The molecule has 0 bridgehead atoms. The third kappa shape index (κ3) is 15.8. The molecule has 2 aromatic rings. The molecule has 0 unspecified atom stereocenters. The summed E-state index contributed by atoms with van der Waals surface area (Å²) in [6.45, 7) is 26.2. The van der Waals surface area contributed by atoms with Crippen LogP contribution in [0.15, 0.2) is 29.2 Å². The van der Waals surface area contributed by atoms with Gasteiger partial charge in [0, 0.05) is 95.3 Å². The van der Waals surface area contributed by atoms with Crippen molar-refractivity contribution in [2.75, 3.05) is 74.2 Å². The molecule has 0 saturated carbocycles. The third-order valence-corrected chi connectivity index (χ3v) is 18.5. The van der Waals surface area contributed by atoms with Gasteiger partial charge in [0.1, 0.15) is 34.8 Å². The SMILES string of the molecule is CCOC(=O)c1cn(CC)c2ccc(CCCN3CCN(CCC(=O)O[C@H]4[C@H](C)O[C@@H](O[C@H]5[C@H](C)[C@@H](O[C@@H]6O[C@H](C)C[C@H](N(C)C)[C@H]6O)[C@](C)(OC)C[C@@H](C)C(=O)[C@H](C)[C@@H](O)[C@](C)(O)[C@@H](CC)OC(=O)[C@@H]5C)C[C@@]4(C)OC)CC3)cc2c1=O. The summed E-state index contributed by atoms with van der Waals surface area (Å²) in [4.78, 5) is 75.2. The van der Waals surface area contributed by atoms with Crippen molar-refractivity contribution in [2.24, 2.45) is 23.7 Å². The minimum absolute atomic E-state index is 0.0406. The minimum atomic E-state index is -2.02. The number of fused-ring (bicyclic) bond motifs is 1. The summed E-state index contributed by atoms with van der Waals surface area (Å²) < 4.78 is 58.8. The number of benzene rings is 1. The molecule has 21 heteroatoms. The van der Waals surface area contributed by atoms with Crippen LogP contribution in [0.5, 0.6) is 0 Å². The van der Waals surface area contributed by atoms with Crippen LogP contribution in [0.3, 0.4) is 0 Å². The van der Waals surface area contributed by atoms with Crippen LogP contribution < -0.4 is 5.43 Å². The lowest BCUT2D eigenvalue weighted by Gasteiger charge is -2.50. The van der Waals surface area contributed by atoms with E-state index in [1.807, 2.05) is 69.5 Å². The molecule has 4 aliphatic heterocycles. The van der Waals surface area contributed by atoms with Gasteiger partial charge in [-0.25, -0.2) is 4.79 Å². The molecule has 1 aromatic heterocycles. The fourth-order valence-electron chi connectivity index (χ4n) is 13.2. The normalized spacial score (nSPS) is 36.6. The average molecular weight is 1170 g/mol. The lowest BCUT2D eigenvalue weighted by molar-refractivity contribution is -0.320. The van der Waals surface area contributed by atoms with Gasteiger partial charge in [0.15, 0.2) is 18.7 Å². The molecule has 0 spiro atoms. The molecule has 83 heavy (non-hydrogen) atoms. The number of aliphatic hydroxyl groups excluding tert-OH is 2. The maximum absolute atomic E-state index is 14.6. The second-order valence-electron chi connectivity index (χ2n) is 24.9. The number of carbonyl (C=O) groups is 4. The number of methoxy groups -OCH3 is 2. The lowest BCUT2D eigenvalue weighted by Crippen LogP contribution is -2.61. The molecule has 4 aliphatic rings. The molecule has 4 fully saturated rings. The molecule has 4 saturated heterocycles. The van der Waals surface area contributed by atoms with Crippen molar-refractivity contribution in [3.05, 3.63) is 45.7 Å². The number of cyclic esters (lactones) is 1. The van der Waals surface area contributed by atoms with E-state index in [1.54, 1.807) is 54.7 Å². The fourth-order valence-corrected chi connectivity index (χ4v) is 13.2. The van der Waals surface area contributed by atoms with E-state index in [0.717, 1.165) is 56.6 Å². The first-order valence-electron chi connectivity index (χ1n) is 30.3. The second-order valence-corrected chi connectivity index (χ2v) is 24.9. The van der Waals surface area contributed by atoms with Crippen LogP contribution in [0.25, 0.3) is 10.9 Å². The molecule has 3 N–H and O–H groups in total. The van der Waals surface area contributed by atoms with Gasteiger partial charge >= 0.3 is 17.9 Å². The van der Waals surface area contributed by atoms with E-state index in [0.29, 0.717) is 24.9 Å². The summed E-state index contributed by atoms with van der Waals surface area (Å²) in [6, 6.07) is 5.57. The highest BCUT2D eigenvalue weighted by molar-refractivity contribution is 5.94. The molecule has 6 rings (SSSR count). The van der Waals surface area contributed by atoms with Crippen molar-refractivity contribution in [2.45, 2.75) is 219 Å². The number of aliphatic hydroxyl groups is 3. The Balaban J connectivity index is 1.13. The van der Waals surface area contributed by atoms with Gasteiger partial charge in [-0.2, -0.15) is 0 Å². The summed E-state index contributed by atoms with van der Waals surface area (Å²) in [5.41, 5.74) is -2.94. The molecular formula is C62H100N4O17. The van der Waals surface area contributed by atoms with Crippen molar-refractivity contribution >= 4 is 34.6 Å². The van der Waals surface area contributed by atoms with E-state index in [1.165, 1.54) is 21.1 Å². The zero-order chi connectivity index (χ0) is 61.5. The van der Waals surface area contributed by atoms with E-state index in [9.17, 15) is 39.3 Å². The minimum Gasteiger partial charge on any atom is -0.462 e.